The first-order chi connectivity index (χ1) is 8.75. The Morgan fingerprint density at radius 1 is 1.28 bits per heavy atom. The van der Waals surface area contributed by atoms with Gasteiger partial charge in [0.15, 0.2) is 11.3 Å². The lowest BCUT2D eigenvalue weighted by molar-refractivity contribution is 0.100. The highest BCUT2D eigenvalue weighted by atomic mass is 35.5. The Morgan fingerprint density at radius 2 is 2.17 bits per heavy atom. The van der Waals surface area contributed by atoms with Gasteiger partial charge in [-0.2, -0.15) is 0 Å². The molecule has 3 heteroatoms. The van der Waals surface area contributed by atoms with Gasteiger partial charge in [0, 0.05) is 5.39 Å². The fourth-order valence-electron chi connectivity index (χ4n) is 2.34. The lowest BCUT2D eigenvalue weighted by atomic mass is 9.95. The second-order valence-corrected chi connectivity index (χ2v) is 4.98. The molecule has 0 aliphatic heterocycles. The zero-order chi connectivity index (χ0) is 12.5. The topological polar surface area (TPSA) is 30.2 Å². The summed E-state index contributed by atoms with van der Waals surface area (Å²) in [6, 6.07) is 7.30. The molecule has 1 aromatic heterocycles. The standard InChI is InChI=1S/C15H13ClO2/c16-12-8-4-7-11-9-13(18-15(11)12)14(17)10-5-2-1-3-6-10/h4-5,7-9H,1-3,6H2. The predicted molar refractivity (Wildman–Crippen MR) is 72.1 cm³/mol. The minimum absolute atomic E-state index is 0.00182. The van der Waals surface area contributed by atoms with E-state index in [-0.39, 0.29) is 5.78 Å². The van der Waals surface area contributed by atoms with Gasteiger partial charge in [0.05, 0.1) is 5.02 Å². The van der Waals surface area contributed by atoms with E-state index in [4.69, 9.17) is 16.0 Å². The van der Waals surface area contributed by atoms with Gasteiger partial charge in [0.1, 0.15) is 0 Å². The molecule has 0 spiro atoms. The molecule has 1 heterocycles. The molecule has 18 heavy (non-hydrogen) atoms. The molecule has 0 saturated heterocycles. The smallest absolute Gasteiger partial charge is 0.223 e. The number of fused-ring (bicyclic) bond motifs is 1. The number of furan rings is 1. The van der Waals surface area contributed by atoms with Crippen LogP contribution in [0.1, 0.15) is 36.2 Å². The molecular formula is C15H13ClO2. The van der Waals surface area contributed by atoms with Gasteiger partial charge in [-0.25, -0.2) is 0 Å². The van der Waals surface area contributed by atoms with Crippen molar-refractivity contribution in [3.63, 3.8) is 0 Å². The highest BCUT2D eigenvalue weighted by Crippen LogP contribution is 2.29. The molecule has 3 rings (SSSR count). The summed E-state index contributed by atoms with van der Waals surface area (Å²) >= 11 is 6.04. The number of hydrogen-bond acceptors (Lipinski definition) is 2. The molecular weight excluding hydrogens is 248 g/mol. The lowest BCUT2D eigenvalue weighted by Crippen LogP contribution is -2.05. The molecule has 0 amide bonds. The third-order valence-electron chi connectivity index (χ3n) is 3.30. The molecule has 0 fully saturated rings. The minimum atomic E-state index is 0.00182. The number of Topliss-reactive ketones (excluding diaryl/α,β-unsaturated/α-hetero) is 1. The zero-order valence-electron chi connectivity index (χ0n) is 9.91. The number of carbonyl (C=O) groups is 1. The van der Waals surface area contributed by atoms with Crippen LogP contribution in [-0.2, 0) is 0 Å². The summed E-state index contributed by atoms with van der Waals surface area (Å²) in [7, 11) is 0. The van der Waals surface area contributed by atoms with Crippen LogP contribution in [0.25, 0.3) is 11.0 Å². The minimum Gasteiger partial charge on any atom is -0.451 e. The zero-order valence-corrected chi connectivity index (χ0v) is 10.7. The normalized spacial score (nSPS) is 15.7. The summed E-state index contributed by atoms with van der Waals surface area (Å²) in [6.45, 7) is 0. The maximum Gasteiger partial charge on any atom is 0.223 e. The number of rotatable bonds is 2. The summed E-state index contributed by atoms with van der Waals surface area (Å²) in [4.78, 5) is 12.3. The summed E-state index contributed by atoms with van der Waals surface area (Å²) in [6.07, 6.45) is 6.12. The van der Waals surface area contributed by atoms with Crippen molar-refractivity contribution < 1.29 is 9.21 Å². The van der Waals surface area contributed by atoms with Crippen molar-refractivity contribution in [2.45, 2.75) is 25.7 Å². The molecule has 0 radical (unpaired) electrons. The number of ketones is 1. The van der Waals surface area contributed by atoms with Crippen molar-refractivity contribution in [2.24, 2.45) is 0 Å². The molecule has 0 atom stereocenters. The number of hydrogen-bond donors (Lipinski definition) is 0. The molecule has 0 bridgehead atoms. The molecule has 1 aliphatic rings. The van der Waals surface area contributed by atoms with Crippen LogP contribution in [0.3, 0.4) is 0 Å². The van der Waals surface area contributed by atoms with Gasteiger partial charge in [-0.05, 0) is 43.4 Å². The third kappa shape index (κ3) is 1.97. The van der Waals surface area contributed by atoms with Gasteiger partial charge < -0.3 is 4.42 Å². The first-order valence-corrected chi connectivity index (χ1v) is 6.55. The molecule has 0 unspecified atom stereocenters. The second kappa shape index (κ2) is 4.62. The number of halogens is 1. The maximum atomic E-state index is 12.3. The van der Waals surface area contributed by atoms with Crippen molar-refractivity contribution in [2.75, 3.05) is 0 Å². The fraction of sp³-hybridized carbons (Fsp3) is 0.267. The van der Waals surface area contributed by atoms with Crippen molar-refractivity contribution >= 4 is 28.4 Å². The van der Waals surface area contributed by atoms with Crippen LogP contribution < -0.4 is 0 Å². The van der Waals surface area contributed by atoms with E-state index in [9.17, 15) is 4.79 Å². The summed E-state index contributed by atoms with van der Waals surface area (Å²) in [5.41, 5.74) is 1.47. The van der Waals surface area contributed by atoms with Crippen LogP contribution in [0.2, 0.25) is 5.02 Å². The van der Waals surface area contributed by atoms with Crippen LogP contribution in [0.4, 0.5) is 0 Å². The average molecular weight is 261 g/mol. The van der Waals surface area contributed by atoms with Crippen LogP contribution in [0.5, 0.6) is 0 Å². The Hall–Kier alpha value is -1.54. The van der Waals surface area contributed by atoms with Crippen molar-refractivity contribution in [1.29, 1.82) is 0 Å². The van der Waals surface area contributed by atoms with Crippen LogP contribution >= 0.6 is 11.6 Å². The molecule has 1 aliphatic carbocycles. The van der Waals surface area contributed by atoms with Crippen molar-refractivity contribution in [3.8, 4) is 0 Å². The predicted octanol–water partition coefficient (Wildman–Crippen LogP) is 4.77. The second-order valence-electron chi connectivity index (χ2n) is 4.57. The van der Waals surface area contributed by atoms with E-state index >= 15 is 0 Å². The van der Waals surface area contributed by atoms with E-state index in [1.165, 1.54) is 6.42 Å². The van der Waals surface area contributed by atoms with Gasteiger partial charge in [-0.15, -0.1) is 0 Å². The molecule has 92 valence electrons. The Labute approximate surface area is 110 Å². The summed E-state index contributed by atoms with van der Waals surface area (Å²) in [5, 5.41) is 1.42. The van der Waals surface area contributed by atoms with Gasteiger partial charge in [-0.1, -0.05) is 29.8 Å². The molecule has 2 aromatic rings. The first kappa shape index (κ1) is 11.5. The molecule has 1 aromatic carbocycles. The van der Waals surface area contributed by atoms with E-state index in [2.05, 4.69) is 0 Å². The van der Waals surface area contributed by atoms with Crippen molar-refractivity contribution in [1.82, 2.24) is 0 Å². The van der Waals surface area contributed by atoms with Gasteiger partial charge >= 0.3 is 0 Å². The monoisotopic (exact) mass is 260 g/mol. The lowest BCUT2D eigenvalue weighted by Gasteiger charge is -2.09. The number of para-hydroxylation sites is 1. The Morgan fingerprint density at radius 3 is 2.89 bits per heavy atom. The van der Waals surface area contributed by atoms with E-state index in [1.807, 2.05) is 18.2 Å². The van der Waals surface area contributed by atoms with Gasteiger partial charge in [0.25, 0.3) is 0 Å². The number of carbonyl (C=O) groups excluding carboxylic acids is 1. The highest BCUT2D eigenvalue weighted by molar-refractivity contribution is 6.35. The summed E-state index contributed by atoms with van der Waals surface area (Å²) < 4.78 is 5.59. The third-order valence-corrected chi connectivity index (χ3v) is 3.60. The Kier molecular flexibility index (Phi) is 2.96. The first-order valence-electron chi connectivity index (χ1n) is 6.17. The van der Waals surface area contributed by atoms with Crippen LogP contribution in [-0.4, -0.2) is 5.78 Å². The van der Waals surface area contributed by atoms with Crippen LogP contribution in [0, 0.1) is 0 Å². The van der Waals surface area contributed by atoms with E-state index in [1.54, 1.807) is 12.1 Å². The largest absolute Gasteiger partial charge is 0.451 e. The van der Waals surface area contributed by atoms with E-state index in [0.717, 1.165) is 30.2 Å². The maximum absolute atomic E-state index is 12.3. The SMILES string of the molecule is O=C(C1=CCCCC1)c1cc2cccc(Cl)c2o1. The van der Waals surface area contributed by atoms with Crippen LogP contribution in [0.15, 0.2) is 40.3 Å². The van der Waals surface area contributed by atoms with E-state index < -0.39 is 0 Å². The Balaban J connectivity index is 2.01. The quantitative estimate of drug-likeness (QED) is 0.728. The van der Waals surface area contributed by atoms with Crippen molar-refractivity contribution in [3.05, 3.63) is 46.7 Å². The number of allylic oxidation sites excluding steroid dienone is 2. The van der Waals surface area contributed by atoms with Gasteiger partial charge in [-0.3, -0.25) is 4.79 Å². The highest BCUT2D eigenvalue weighted by Gasteiger charge is 2.19. The van der Waals surface area contributed by atoms with Gasteiger partial charge in [0.2, 0.25) is 5.78 Å². The molecule has 0 saturated carbocycles. The number of benzene rings is 1. The van der Waals surface area contributed by atoms with E-state index in [0.29, 0.717) is 16.4 Å². The fourth-order valence-corrected chi connectivity index (χ4v) is 2.56. The molecule has 0 N–H and O–H groups in total. The average Bonchev–Trinajstić information content (AvgIpc) is 2.84. The summed E-state index contributed by atoms with van der Waals surface area (Å²) in [5.74, 6) is 0.396. The molecule has 2 nitrogen and oxygen atoms in total. The Bertz CT molecular complexity index is 637.